The molecule has 2 heterocycles. The van der Waals surface area contributed by atoms with Crippen LogP contribution in [-0.4, -0.2) is 28.7 Å². The minimum absolute atomic E-state index is 0.649. The molecule has 0 radical (unpaired) electrons. The Kier molecular flexibility index (Phi) is 2.32. The molecular formula is C8H9BrN4S. The zero-order valence-electron chi connectivity index (χ0n) is 7.78. The van der Waals surface area contributed by atoms with Gasteiger partial charge in [0.1, 0.15) is 0 Å². The number of hydrogen-bond donors (Lipinski definition) is 1. The van der Waals surface area contributed by atoms with Crippen molar-refractivity contribution in [2.75, 3.05) is 19.1 Å². The van der Waals surface area contributed by atoms with E-state index in [0.717, 1.165) is 15.6 Å². The van der Waals surface area contributed by atoms with Crippen LogP contribution in [-0.2, 0) is 0 Å². The second-order valence-corrected chi connectivity index (χ2v) is 4.42. The lowest BCUT2D eigenvalue weighted by Gasteiger charge is -2.13. The maximum absolute atomic E-state index is 5.18. The molecule has 2 rings (SSSR count). The predicted octanol–water partition coefficient (Wildman–Crippen LogP) is 2.05. The Morgan fingerprint density at radius 3 is 2.93 bits per heavy atom. The Morgan fingerprint density at radius 2 is 2.29 bits per heavy atom. The highest BCUT2D eigenvalue weighted by Gasteiger charge is 2.06. The maximum atomic E-state index is 5.18. The molecule has 0 aliphatic heterocycles. The molecule has 6 heteroatoms. The van der Waals surface area contributed by atoms with Crippen molar-refractivity contribution in [3.63, 3.8) is 0 Å². The van der Waals surface area contributed by atoms with Gasteiger partial charge in [0.15, 0.2) is 10.4 Å². The van der Waals surface area contributed by atoms with E-state index in [0.29, 0.717) is 4.77 Å². The fourth-order valence-corrected chi connectivity index (χ4v) is 2.02. The van der Waals surface area contributed by atoms with Crippen LogP contribution in [0.1, 0.15) is 0 Å². The molecule has 0 spiro atoms. The van der Waals surface area contributed by atoms with Crippen molar-refractivity contribution in [2.24, 2.45) is 0 Å². The first-order valence-corrected chi connectivity index (χ1v) is 5.23. The maximum Gasteiger partial charge on any atom is 0.198 e. The number of fused-ring (bicyclic) bond motifs is 1. The molecule has 2 aromatic rings. The quantitative estimate of drug-likeness (QED) is 0.808. The summed E-state index contributed by atoms with van der Waals surface area (Å²) in [5.74, 6) is 0. The van der Waals surface area contributed by atoms with E-state index in [2.05, 4.69) is 25.9 Å². The van der Waals surface area contributed by atoms with E-state index in [1.807, 2.05) is 29.8 Å². The number of rotatable bonds is 1. The third kappa shape index (κ3) is 1.44. The molecule has 0 fully saturated rings. The SMILES string of the molecule is CN(C)n1c(=S)[nH]c2cc(Br)cnc21. The van der Waals surface area contributed by atoms with E-state index < -0.39 is 0 Å². The number of aromatic amines is 1. The van der Waals surface area contributed by atoms with Crippen LogP contribution in [0.2, 0.25) is 0 Å². The minimum Gasteiger partial charge on any atom is -0.328 e. The van der Waals surface area contributed by atoms with Crippen molar-refractivity contribution in [1.29, 1.82) is 0 Å². The number of nitrogens with one attached hydrogen (secondary N) is 1. The number of hydrogen-bond acceptors (Lipinski definition) is 3. The van der Waals surface area contributed by atoms with Crippen LogP contribution in [0, 0.1) is 4.77 Å². The van der Waals surface area contributed by atoms with Crippen molar-refractivity contribution < 1.29 is 0 Å². The number of halogens is 1. The summed E-state index contributed by atoms with van der Waals surface area (Å²) in [6.45, 7) is 0. The van der Waals surface area contributed by atoms with Crippen molar-refractivity contribution >= 4 is 39.3 Å². The molecule has 0 amide bonds. The van der Waals surface area contributed by atoms with Gasteiger partial charge in [-0.3, -0.25) is 0 Å². The predicted molar refractivity (Wildman–Crippen MR) is 62.7 cm³/mol. The minimum atomic E-state index is 0.649. The van der Waals surface area contributed by atoms with E-state index in [1.54, 1.807) is 6.20 Å². The Morgan fingerprint density at radius 1 is 1.57 bits per heavy atom. The highest BCUT2D eigenvalue weighted by molar-refractivity contribution is 9.10. The molecule has 0 bridgehead atoms. The van der Waals surface area contributed by atoms with Gasteiger partial charge in [-0.05, 0) is 34.2 Å². The number of nitrogens with zero attached hydrogens (tertiary/aromatic N) is 3. The van der Waals surface area contributed by atoms with Gasteiger partial charge in [0.2, 0.25) is 0 Å². The molecule has 4 nitrogen and oxygen atoms in total. The number of aromatic nitrogens is 3. The molecule has 0 unspecified atom stereocenters. The van der Waals surface area contributed by atoms with Crippen molar-refractivity contribution in [2.45, 2.75) is 0 Å². The Labute approximate surface area is 94.7 Å². The summed E-state index contributed by atoms with van der Waals surface area (Å²) in [5.41, 5.74) is 1.77. The summed E-state index contributed by atoms with van der Waals surface area (Å²) < 4.78 is 3.43. The van der Waals surface area contributed by atoms with Gasteiger partial charge < -0.3 is 9.99 Å². The van der Waals surface area contributed by atoms with Gasteiger partial charge in [-0.1, -0.05) is 0 Å². The lowest BCUT2D eigenvalue weighted by Crippen LogP contribution is -2.24. The summed E-state index contributed by atoms with van der Waals surface area (Å²) in [7, 11) is 3.85. The molecule has 14 heavy (non-hydrogen) atoms. The molecule has 0 saturated carbocycles. The molecular weight excluding hydrogens is 264 g/mol. The third-order valence-corrected chi connectivity index (χ3v) is 2.58. The van der Waals surface area contributed by atoms with E-state index in [1.165, 1.54) is 0 Å². The number of H-pyrrole nitrogens is 1. The second kappa shape index (κ2) is 3.36. The molecule has 0 aliphatic rings. The van der Waals surface area contributed by atoms with Crippen LogP contribution in [0.5, 0.6) is 0 Å². The fraction of sp³-hybridized carbons (Fsp3) is 0.250. The van der Waals surface area contributed by atoms with Crippen LogP contribution in [0.4, 0.5) is 0 Å². The van der Waals surface area contributed by atoms with E-state index in [-0.39, 0.29) is 0 Å². The van der Waals surface area contributed by atoms with Gasteiger partial charge in [-0.15, -0.1) is 0 Å². The Balaban J connectivity index is 2.84. The molecule has 1 N–H and O–H groups in total. The highest BCUT2D eigenvalue weighted by atomic mass is 79.9. The molecule has 0 aromatic carbocycles. The summed E-state index contributed by atoms with van der Waals surface area (Å²) in [4.78, 5) is 7.39. The Hall–Kier alpha value is -0.880. The lowest BCUT2D eigenvalue weighted by atomic mass is 10.4. The number of imidazole rings is 1. The van der Waals surface area contributed by atoms with E-state index in [9.17, 15) is 0 Å². The summed E-state index contributed by atoms with van der Waals surface area (Å²) in [6, 6.07) is 1.96. The van der Waals surface area contributed by atoms with Gasteiger partial charge in [-0.25, -0.2) is 9.66 Å². The molecule has 74 valence electrons. The number of pyridine rings is 1. The van der Waals surface area contributed by atoms with Crippen molar-refractivity contribution in [3.8, 4) is 0 Å². The van der Waals surface area contributed by atoms with Gasteiger partial charge in [0.25, 0.3) is 0 Å². The van der Waals surface area contributed by atoms with Crippen LogP contribution >= 0.6 is 28.1 Å². The molecule has 0 aliphatic carbocycles. The van der Waals surface area contributed by atoms with Crippen LogP contribution < -0.4 is 5.01 Å². The monoisotopic (exact) mass is 272 g/mol. The summed E-state index contributed by atoms with van der Waals surface area (Å²) >= 11 is 8.55. The van der Waals surface area contributed by atoms with Crippen LogP contribution in [0.3, 0.4) is 0 Å². The normalized spacial score (nSPS) is 10.8. The first kappa shape index (κ1) is 9.67. The van der Waals surface area contributed by atoms with Gasteiger partial charge >= 0.3 is 0 Å². The van der Waals surface area contributed by atoms with E-state index >= 15 is 0 Å². The zero-order valence-corrected chi connectivity index (χ0v) is 10.2. The van der Waals surface area contributed by atoms with E-state index in [4.69, 9.17) is 12.2 Å². The molecule has 2 aromatic heterocycles. The van der Waals surface area contributed by atoms with Gasteiger partial charge in [0.05, 0.1) is 5.52 Å². The Bertz CT molecular complexity index is 528. The van der Waals surface area contributed by atoms with Crippen LogP contribution in [0.15, 0.2) is 16.7 Å². The van der Waals surface area contributed by atoms with Crippen molar-refractivity contribution in [1.82, 2.24) is 14.6 Å². The van der Waals surface area contributed by atoms with Gasteiger partial charge in [-0.2, -0.15) is 0 Å². The average molecular weight is 273 g/mol. The molecule has 0 atom stereocenters. The first-order chi connectivity index (χ1) is 6.59. The average Bonchev–Trinajstić information content (AvgIpc) is 2.39. The largest absolute Gasteiger partial charge is 0.328 e. The summed E-state index contributed by atoms with van der Waals surface area (Å²) in [6.07, 6.45) is 1.75. The summed E-state index contributed by atoms with van der Waals surface area (Å²) in [5, 5.41) is 1.89. The standard InChI is InChI=1S/C8H9BrN4S/c1-12(2)13-7-6(11-8(13)14)3-5(9)4-10-7/h3-4H,1-2H3,(H,11,14). The van der Waals surface area contributed by atoms with Gasteiger partial charge in [0, 0.05) is 24.8 Å². The fourth-order valence-electron chi connectivity index (χ4n) is 1.33. The zero-order chi connectivity index (χ0) is 10.3. The van der Waals surface area contributed by atoms with Crippen molar-refractivity contribution in [3.05, 3.63) is 21.5 Å². The lowest BCUT2D eigenvalue weighted by molar-refractivity contribution is 0.735. The van der Waals surface area contributed by atoms with Crippen LogP contribution in [0.25, 0.3) is 11.2 Å². The molecule has 0 saturated heterocycles. The first-order valence-electron chi connectivity index (χ1n) is 4.03. The second-order valence-electron chi connectivity index (χ2n) is 3.11. The third-order valence-electron chi connectivity index (χ3n) is 1.87. The highest BCUT2D eigenvalue weighted by Crippen LogP contribution is 2.16. The smallest absolute Gasteiger partial charge is 0.198 e. The topological polar surface area (TPSA) is 36.9 Å².